The molecule has 1 aromatic carbocycles. The number of rotatable bonds is 8. The fourth-order valence-corrected chi connectivity index (χ4v) is 1.99. The molecule has 0 bridgehead atoms. The van der Waals surface area contributed by atoms with Gasteiger partial charge in [-0.05, 0) is 19.4 Å². The number of nitro groups is 1. The summed E-state index contributed by atoms with van der Waals surface area (Å²) in [5.41, 5.74) is 2.56. The molecule has 11 nitrogen and oxygen atoms in total. The molecule has 11 heteroatoms. The summed E-state index contributed by atoms with van der Waals surface area (Å²) in [4.78, 5) is 25.6. The Kier molecular flexibility index (Phi) is 6.20. The molecule has 2 rings (SSSR count). The molecule has 2 aromatic rings. The van der Waals surface area contributed by atoms with E-state index in [1.54, 1.807) is 13.0 Å². The molecule has 0 atom stereocenters. The summed E-state index contributed by atoms with van der Waals surface area (Å²) in [6.45, 7) is 3.85. The predicted molar refractivity (Wildman–Crippen MR) is 94.0 cm³/mol. The largest absolute Gasteiger partial charge is 0.493 e. The van der Waals surface area contributed by atoms with Crippen LogP contribution >= 0.6 is 0 Å². The molecular formula is C15H18N6O5. The highest BCUT2D eigenvalue weighted by Crippen LogP contribution is 2.38. The number of aryl methyl sites for hydroxylation is 1. The van der Waals surface area contributed by atoms with Crippen LogP contribution in [0.1, 0.15) is 24.6 Å². The second kappa shape index (κ2) is 8.55. The van der Waals surface area contributed by atoms with Crippen molar-refractivity contribution in [2.24, 2.45) is 5.10 Å². The van der Waals surface area contributed by atoms with Crippen molar-refractivity contribution >= 4 is 17.7 Å². The normalized spacial score (nSPS) is 10.7. The maximum atomic E-state index is 11.3. The summed E-state index contributed by atoms with van der Waals surface area (Å²) < 4.78 is 10.6. The Bertz CT molecular complexity index is 879. The van der Waals surface area contributed by atoms with Crippen LogP contribution in [0.3, 0.4) is 0 Å². The van der Waals surface area contributed by atoms with Gasteiger partial charge in [0.05, 0.1) is 24.9 Å². The Balaban J connectivity index is 2.31. The van der Waals surface area contributed by atoms with E-state index in [4.69, 9.17) is 9.47 Å². The number of methoxy groups -OCH3 is 1. The Hall–Kier alpha value is -3.50. The molecule has 0 amide bonds. The van der Waals surface area contributed by atoms with Gasteiger partial charge in [0.15, 0.2) is 11.6 Å². The predicted octanol–water partition coefficient (Wildman–Crippen LogP) is 1.62. The first-order valence-corrected chi connectivity index (χ1v) is 7.67. The standard InChI is InChI=1S/C15H18N6O5/c1-4-5-26-13-11(21(23)24)6-10(7-12(13)25-3)8-16-19-14-9(2)18-20-15(22)17-14/h6-8H,4-5H2,1-3H3,(H2,17,19,20,22)/b16-8+. The number of aromatic nitrogens is 3. The van der Waals surface area contributed by atoms with Gasteiger partial charge in [-0.3, -0.25) is 15.5 Å². The molecule has 138 valence electrons. The van der Waals surface area contributed by atoms with Gasteiger partial charge in [0, 0.05) is 11.6 Å². The number of aromatic amines is 1. The van der Waals surface area contributed by atoms with Gasteiger partial charge in [0.25, 0.3) is 0 Å². The number of hydrogen-bond donors (Lipinski definition) is 2. The Labute approximate surface area is 148 Å². The fraction of sp³-hybridized carbons (Fsp3) is 0.333. The Morgan fingerprint density at radius 3 is 2.88 bits per heavy atom. The van der Waals surface area contributed by atoms with E-state index in [9.17, 15) is 14.9 Å². The van der Waals surface area contributed by atoms with Crippen LogP contribution in [0.5, 0.6) is 11.5 Å². The van der Waals surface area contributed by atoms with Crippen LogP contribution in [0.25, 0.3) is 0 Å². The van der Waals surface area contributed by atoms with E-state index in [1.807, 2.05) is 6.92 Å². The van der Waals surface area contributed by atoms with Crippen LogP contribution in [0.15, 0.2) is 22.0 Å². The molecule has 0 fully saturated rings. The minimum atomic E-state index is -0.622. The zero-order valence-corrected chi connectivity index (χ0v) is 14.5. The van der Waals surface area contributed by atoms with Crippen molar-refractivity contribution < 1.29 is 14.4 Å². The molecule has 0 aliphatic carbocycles. The third-order valence-electron chi connectivity index (χ3n) is 3.18. The molecule has 1 aromatic heterocycles. The zero-order valence-electron chi connectivity index (χ0n) is 14.5. The molecule has 0 aliphatic heterocycles. The van der Waals surface area contributed by atoms with Crippen LogP contribution in [0.4, 0.5) is 11.5 Å². The van der Waals surface area contributed by atoms with Crippen molar-refractivity contribution in [3.8, 4) is 11.5 Å². The Morgan fingerprint density at radius 2 is 2.23 bits per heavy atom. The number of hydrazone groups is 1. The van der Waals surface area contributed by atoms with Crippen molar-refractivity contribution in [3.05, 3.63) is 44.0 Å². The van der Waals surface area contributed by atoms with Gasteiger partial charge in [0.1, 0.15) is 5.69 Å². The van der Waals surface area contributed by atoms with E-state index in [-0.39, 0.29) is 23.0 Å². The first-order valence-electron chi connectivity index (χ1n) is 7.67. The van der Waals surface area contributed by atoms with Crippen molar-refractivity contribution in [2.45, 2.75) is 20.3 Å². The SMILES string of the molecule is CCCOc1c(OC)cc(/C=N/Nc2nc(=O)[nH]nc2C)cc1[N+](=O)[O-]. The van der Waals surface area contributed by atoms with Gasteiger partial charge in [-0.1, -0.05) is 6.92 Å². The highest BCUT2D eigenvalue weighted by Gasteiger charge is 2.21. The molecule has 0 radical (unpaired) electrons. The van der Waals surface area contributed by atoms with Crippen LogP contribution in [0, 0.1) is 17.0 Å². The quantitative estimate of drug-likeness (QED) is 0.409. The molecule has 0 aliphatic rings. The van der Waals surface area contributed by atoms with Crippen molar-refractivity contribution in [1.29, 1.82) is 0 Å². The van der Waals surface area contributed by atoms with Crippen LogP contribution in [-0.4, -0.2) is 40.0 Å². The number of hydrogen-bond acceptors (Lipinski definition) is 9. The van der Waals surface area contributed by atoms with E-state index in [0.717, 1.165) is 0 Å². The Morgan fingerprint density at radius 1 is 1.46 bits per heavy atom. The summed E-state index contributed by atoms with van der Waals surface area (Å²) in [7, 11) is 1.40. The summed E-state index contributed by atoms with van der Waals surface area (Å²) in [6.07, 6.45) is 2.03. The molecule has 0 unspecified atom stereocenters. The number of nitro benzene ring substituents is 1. The lowest BCUT2D eigenvalue weighted by Gasteiger charge is -2.11. The van der Waals surface area contributed by atoms with Gasteiger partial charge < -0.3 is 9.47 Å². The second-order valence-electron chi connectivity index (χ2n) is 5.12. The number of ether oxygens (including phenoxy) is 2. The average Bonchev–Trinajstić information content (AvgIpc) is 2.62. The monoisotopic (exact) mass is 362 g/mol. The number of H-pyrrole nitrogens is 1. The summed E-state index contributed by atoms with van der Waals surface area (Å²) in [5, 5.41) is 21.2. The van der Waals surface area contributed by atoms with Gasteiger partial charge in [-0.15, -0.1) is 0 Å². The minimum Gasteiger partial charge on any atom is -0.493 e. The maximum Gasteiger partial charge on any atom is 0.363 e. The first kappa shape index (κ1) is 18.8. The number of benzene rings is 1. The van der Waals surface area contributed by atoms with Crippen LogP contribution in [-0.2, 0) is 0 Å². The number of anilines is 1. The van der Waals surface area contributed by atoms with E-state index < -0.39 is 10.6 Å². The number of nitrogens with zero attached hydrogens (tertiary/aromatic N) is 4. The van der Waals surface area contributed by atoms with E-state index in [0.29, 0.717) is 24.3 Å². The van der Waals surface area contributed by atoms with Crippen LogP contribution in [0.2, 0.25) is 0 Å². The number of nitrogens with one attached hydrogen (secondary N) is 2. The van der Waals surface area contributed by atoms with E-state index >= 15 is 0 Å². The highest BCUT2D eigenvalue weighted by atomic mass is 16.6. The minimum absolute atomic E-state index is 0.0702. The molecule has 26 heavy (non-hydrogen) atoms. The van der Waals surface area contributed by atoms with Crippen LogP contribution < -0.4 is 20.6 Å². The lowest BCUT2D eigenvalue weighted by atomic mass is 10.2. The fourth-order valence-electron chi connectivity index (χ4n) is 1.99. The van der Waals surface area contributed by atoms with Crippen molar-refractivity contribution in [3.63, 3.8) is 0 Å². The molecule has 1 heterocycles. The third-order valence-corrected chi connectivity index (χ3v) is 3.18. The lowest BCUT2D eigenvalue weighted by molar-refractivity contribution is -0.386. The molecule has 0 saturated heterocycles. The van der Waals surface area contributed by atoms with Crippen molar-refractivity contribution in [2.75, 3.05) is 19.1 Å². The van der Waals surface area contributed by atoms with Gasteiger partial charge in [-0.2, -0.15) is 15.2 Å². The molecule has 0 spiro atoms. The summed E-state index contributed by atoms with van der Waals surface area (Å²) in [5.74, 6) is 0.469. The average molecular weight is 362 g/mol. The van der Waals surface area contributed by atoms with Gasteiger partial charge in [0.2, 0.25) is 5.75 Å². The van der Waals surface area contributed by atoms with E-state index in [1.165, 1.54) is 19.4 Å². The second-order valence-corrected chi connectivity index (χ2v) is 5.12. The summed E-state index contributed by atoms with van der Waals surface area (Å²) in [6, 6.07) is 2.87. The van der Waals surface area contributed by atoms with Crippen molar-refractivity contribution in [1.82, 2.24) is 15.2 Å². The topological polar surface area (TPSA) is 145 Å². The van der Waals surface area contributed by atoms with Gasteiger partial charge >= 0.3 is 11.4 Å². The molecular weight excluding hydrogens is 344 g/mol. The zero-order chi connectivity index (χ0) is 19.1. The molecule has 0 saturated carbocycles. The van der Waals surface area contributed by atoms with E-state index in [2.05, 4.69) is 25.7 Å². The first-order chi connectivity index (χ1) is 12.5. The summed E-state index contributed by atoms with van der Waals surface area (Å²) >= 11 is 0. The van der Waals surface area contributed by atoms with Gasteiger partial charge in [-0.25, -0.2) is 9.89 Å². The smallest absolute Gasteiger partial charge is 0.363 e. The highest BCUT2D eigenvalue weighted by molar-refractivity contribution is 5.83. The maximum absolute atomic E-state index is 11.3. The lowest BCUT2D eigenvalue weighted by Crippen LogP contribution is -2.15. The molecule has 2 N–H and O–H groups in total. The third kappa shape index (κ3) is 4.53.